The zero-order valence-electron chi connectivity index (χ0n) is 10.5. The fraction of sp³-hybridized carbons (Fsp3) is 0.417. The van der Waals surface area contributed by atoms with E-state index in [0.29, 0.717) is 23.2 Å². The second-order valence-corrected chi connectivity index (χ2v) is 3.77. The molecule has 18 heavy (non-hydrogen) atoms. The van der Waals surface area contributed by atoms with E-state index in [1.165, 1.54) is 0 Å². The Hall–Kier alpha value is -1.95. The summed E-state index contributed by atoms with van der Waals surface area (Å²) in [5, 5.41) is 11.1. The van der Waals surface area contributed by atoms with Crippen LogP contribution in [0.15, 0.2) is 22.7 Å². The Morgan fingerprint density at radius 3 is 3.06 bits per heavy atom. The van der Waals surface area contributed by atoms with Crippen molar-refractivity contribution in [2.24, 2.45) is 0 Å². The summed E-state index contributed by atoms with van der Waals surface area (Å²) >= 11 is 0. The van der Waals surface area contributed by atoms with Crippen molar-refractivity contribution in [3.63, 3.8) is 0 Å². The maximum Gasteiger partial charge on any atom is 0.253 e. The van der Waals surface area contributed by atoms with Gasteiger partial charge >= 0.3 is 0 Å². The summed E-state index contributed by atoms with van der Waals surface area (Å²) in [6, 6.07) is 3.65. The van der Waals surface area contributed by atoms with Crippen LogP contribution < -0.4 is 10.1 Å². The quantitative estimate of drug-likeness (QED) is 0.777. The number of ether oxygens (including phenoxy) is 1. The maximum atomic E-state index is 5.59. The van der Waals surface area contributed by atoms with E-state index in [1.54, 1.807) is 13.3 Å². The Kier molecular flexibility index (Phi) is 4.25. The summed E-state index contributed by atoms with van der Waals surface area (Å²) in [7, 11) is 3.48. The molecule has 0 fully saturated rings. The molecule has 0 radical (unpaired) electrons. The molecule has 0 aliphatic carbocycles. The first-order chi connectivity index (χ1) is 8.85. The van der Waals surface area contributed by atoms with Gasteiger partial charge in [-0.15, -0.1) is 10.2 Å². The zero-order chi connectivity index (χ0) is 12.8. The van der Waals surface area contributed by atoms with Gasteiger partial charge in [-0.05, 0) is 32.1 Å². The standard InChI is InChI=1S/C12H16N4O2/c1-13-7-4-6-10-15-16-12(18-10)9-5-3-8-14-11(9)17-2/h3,5,8,13H,4,6-7H2,1-2H3. The molecule has 2 rings (SSSR count). The summed E-state index contributed by atoms with van der Waals surface area (Å²) < 4.78 is 10.7. The highest BCUT2D eigenvalue weighted by Crippen LogP contribution is 2.26. The van der Waals surface area contributed by atoms with E-state index >= 15 is 0 Å². The van der Waals surface area contributed by atoms with Crippen LogP contribution >= 0.6 is 0 Å². The predicted octanol–water partition coefficient (Wildman–Crippen LogP) is 1.29. The Balaban J connectivity index is 2.13. The molecule has 6 nitrogen and oxygen atoms in total. The van der Waals surface area contributed by atoms with Crippen LogP contribution in [0.4, 0.5) is 0 Å². The average molecular weight is 248 g/mol. The number of hydrogen-bond acceptors (Lipinski definition) is 6. The molecule has 0 aliphatic rings. The topological polar surface area (TPSA) is 73.1 Å². The van der Waals surface area contributed by atoms with Gasteiger partial charge in [0.05, 0.1) is 7.11 Å². The third kappa shape index (κ3) is 2.84. The van der Waals surface area contributed by atoms with Gasteiger partial charge < -0.3 is 14.5 Å². The third-order valence-corrected chi connectivity index (χ3v) is 2.48. The first-order valence-corrected chi connectivity index (χ1v) is 5.81. The van der Waals surface area contributed by atoms with Crippen LogP contribution in [0.1, 0.15) is 12.3 Å². The molecule has 0 amide bonds. The van der Waals surface area contributed by atoms with E-state index in [4.69, 9.17) is 9.15 Å². The molecule has 0 saturated heterocycles. The summed E-state index contributed by atoms with van der Waals surface area (Å²) in [5.74, 6) is 1.56. The van der Waals surface area contributed by atoms with Crippen molar-refractivity contribution in [1.29, 1.82) is 0 Å². The van der Waals surface area contributed by atoms with Crippen molar-refractivity contribution in [3.8, 4) is 17.3 Å². The lowest BCUT2D eigenvalue weighted by molar-refractivity contribution is 0.397. The zero-order valence-corrected chi connectivity index (χ0v) is 10.5. The minimum absolute atomic E-state index is 0.444. The van der Waals surface area contributed by atoms with E-state index in [1.807, 2.05) is 19.2 Å². The monoisotopic (exact) mass is 248 g/mol. The normalized spacial score (nSPS) is 10.6. The van der Waals surface area contributed by atoms with E-state index < -0.39 is 0 Å². The van der Waals surface area contributed by atoms with Crippen molar-refractivity contribution in [1.82, 2.24) is 20.5 Å². The molecule has 1 N–H and O–H groups in total. The lowest BCUT2D eigenvalue weighted by Crippen LogP contribution is -2.08. The van der Waals surface area contributed by atoms with Gasteiger partial charge in [0.15, 0.2) is 0 Å². The Bertz CT molecular complexity index is 498. The van der Waals surface area contributed by atoms with Crippen LogP contribution in [-0.4, -0.2) is 35.9 Å². The van der Waals surface area contributed by atoms with Crippen molar-refractivity contribution in [2.45, 2.75) is 12.8 Å². The SMILES string of the molecule is CNCCCc1nnc(-c2cccnc2OC)o1. The highest BCUT2D eigenvalue weighted by atomic mass is 16.5. The van der Waals surface area contributed by atoms with E-state index in [9.17, 15) is 0 Å². The van der Waals surface area contributed by atoms with Gasteiger partial charge in [0, 0.05) is 12.6 Å². The molecule has 2 aromatic heterocycles. The van der Waals surface area contributed by atoms with Gasteiger partial charge in [0.1, 0.15) is 5.56 Å². The molecule has 2 heterocycles. The van der Waals surface area contributed by atoms with Gasteiger partial charge in [-0.2, -0.15) is 0 Å². The number of nitrogens with zero attached hydrogens (tertiary/aromatic N) is 3. The second kappa shape index (κ2) is 6.11. The van der Waals surface area contributed by atoms with Gasteiger partial charge in [-0.25, -0.2) is 4.98 Å². The van der Waals surface area contributed by atoms with Crippen LogP contribution in [0.3, 0.4) is 0 Å². The molecule has 6 heteroatoms. The van der Waals surface area contributed by atoms with Crippen molar-refractivity contribution < 1.29 is 9.15 Å². The lowest BCUT2D eigenvalue weighted by atomic mass is 10.3. The number of aryl methyl sites for hydroxylation is 1. The van der Waals surface area contributed by atoms with Crippen molar-refractivity contribution in [2.75, 3.05) is 20.7 Å². The largest absolute Gasteiger partial charge is 0.480 e. The fourth-order valence-corrected chi connectivity index (χ4v) is 1.60. The number of rotatable bonds is 6. The van der Waals surface area contributed by atoms with E-state index in [-0.39, 0.29) is 0 Å². The molecule has 0 unspecified atom stereocenters. The Morgan fingerprint density at radius 2 is 2.28 bits per heavy atom. The number of pyridine rings is 1. The highest BCUT2D eigenvalue weighted by molar-refractivity contribution is 5.59. The van der Waals surface area contributed by atoms with Crippen LogP contribution in [0, 0.1) is 0 Å². The minimum Gasteiger partial charge on any atom is -0.480 e. The molecular formula is C12H16N4O2. The van der Waals surface area contributed by atoms with Gasteiger partial charge in [0.2, 0.25) is 11.8 Å². The third-order valence-electron chi connectivity index (χ3n) is 2.48. The molecule has 2 aromatic rings. The molecule has 0 atom stereocenters. The molecule has 96 valence electrons. The first kappa shape index (κ1) is 12.5. The fourth-order valence-electron chi connectivity index (χ4n) is 1.60. The number of aromatic nitrogens is 3. The highest BCUT2D eigenvalue weighted by Gasteiger charge is 2.13. The molecule has 0 saturated carbocycles. The summed E-state index contributed by atoms with van der Waals surface area (Å²) in [5.41, 5.74) is 0.715. The van der Waals surface area contributed by atoms with Gasteiger partial charge in [0.25, 0.3) is 5.89 Å². The maximum absolute atomic E-state index is 5.59. The number of nitrogens with one attached hydrogen (secondary N) is 1. The summed E-state index contributed by atoms with van der Waals surface area (Å²) in [4.78, 5) is 4.10. The number of methoxy groups -OCH3 is 1. The van der Waals surface area contributed by atoms with Crippen LogP contribution in [0.25, 0.3) is 11.5 Å². The second-order valence-electron chi connectivity index (χ2n) is 3.77. The first-order valence-electron chi connectivity index (χ1n) is 5.81. The van der Waals surface area contributed by atoms with Gasteiger partial charge in [-0.1, -0.05) is 0 Å². The predicted molar refractivity (Wildman–Crippen MR) is 66.3 cm³/mol. The smallest absolute Gasteiger partial charge is 0.253 e. The summed E-state index contributed by atoms with van der Waals surface area (Å²) in [6.45, 7) is 0.925. The van der Waals surface area contributed by atoms with Crippen molar-refractivity contribution >= 4 is 0 Å². The lowest BCUT2D eigenvalue weighted by Gasteiger charge is -2.01. The molecule has 0 aliphatic heterocycles. The van der Waals surface area contributed by atoms with Crippen molar-refractivity contribution in [3.05, 3.63) is 24.2 Å². The van der Waals surface area contributed by atoms with Crippen LogP contribution in [-0.2, 0) is 6.42 Å². The van der Waals surface area contributed by atoms with Crippen LogP contribution in [0.2, 0.25) is 0 Å². The van der Waals surface area contributed by atoms with Gasteiger partial charge in [-0.3, -0.25) is 0 Å². The molecular weight excluding hydrogens is 232 g/mol. The number of hydrogen-bond donors (Lipinski definition) is 1. The minimum atomic E-state index is 0.444. The molecule has 0 spiro atoms. The molecule has 0 bridgehead atoms. The Labute approximate surface area is 105 Å². The average Bonchev–Trinajstić information content (AvgIpc) is 2.88. The van der Waals surface area contributed by atoms with E-state index in [2.05, 4.69) is 20.5 Å². The summed E-state index contributed by atoms with van der Waals surface area (Å²) in [6.07, 6.45) is 3.38. The molecule has 0 aromatic carbocycles. The Morgan fingerprint density at radius 1 is 1.39 bits per heavy atom. The van der Waals surface area contributed by atoms with E-state index in [0.717, 1.165) is 19.4 Å². The van der Waals surface area contributed by atoms with Crippen LogP contribution in [0.5, 0.6) is 5.88 Å².